The molecule has 0 amide bonds. The van der Waals surface area contributed by atoms with Crippen LogP contribution >= 0.6 is 0 Å². The summed E-state index contributed by atoms with van der Waals surface area (Å²) in [7, 11) is 4.01. The highest BCUT2D eigenvalue weighted by atomic mass is 15.1. The molecule has 0 heterocycles. The fourth-order valence-corrected chi connectivity index (χ4v) is 1.40. The summed E-state index contributed by atoms with van der Waals surface area (Å²) in [6, 6.07) is 6.10. The summed E-state index contributed by atoms with van der Waals surface area (Å²) in [6.45, 7) is 5.60. The molecule has 1 aromatic rings. The summed E-state index contributed by atoms with van der Waals surface area (Å²) in [6.07, 6.45) is 4.04. The summed E-state index contributed by atoms with van der Waals surface area (Å²) in [5.74, 6) is 0. The van der Waals surface area contributed by atoms with Crippen LogP contribution in [0.25, 0.3) is 6.08 Å². The van der Waals surface area contributed by atoms with E-state index in [0.29, 0.717) is 0 Å². The van der Waals surface area contributed by atoms with Crippen molar-refractivity contribution in [3.8, 4) is 0 Å². The van der Waals surface area contributed by atoms with Crippen molar-refractivity contribution in [2.75, 3.05) is 19.0 Å². The highest BCUT2D eigenvalue weighted by molar-refractivity contribution is 5.78. The van der Waals surface area contributed by atoms with E-state index < -0.39 is 0 Å². The van der Waals surface area contributed by atoms with Crippen molar-refractivity contribution in [2.45, 2.75) is 6.92 Å². The Kier molecular flexibility index (Phi) is 3.46. The molecule has 0 aliphatic carbocycles. The second kappa shape index (κ2) is 4.61. The van der Waals surface area contributed by atoms with Crippen LogP contribution in [0.4, 0.5) is 11.4 Å². The van der Waals surface area contributed by atoms with Crippen molar-refractivity contribution >= 4 is 24.2 Å². The number of rotatable bonds is 3. The van der Waals surface area contributed by atoms with E-state index in [1.54, 1.807) is 0 Å². The molecular formula is C12H16N2. The molecule has 0 saturated carbocycles. The first-order valence-corrected chi connectivity index (χ1v) is 4.60. The molecule has 1 aromatic carbocycles. The van der Waals surface area contributed by atoms with Gasteiger partial charge in [-0.15, -0.1) is 0 Å². The van der Waals surface area contributed by atoms with Gasteiger partial charge in [0.15, 0.2) is 0 Å². The third-order valence-corrected chi connectivity index (χ3v) is 2.03. The normalized spacial score (nSPS) is 10.5. The molecule has 0 aromatic heterocycles. The lowest BCUT2D eigenvalue weighted by molar-refractivity contribution is 1.13. The maximum absolute atomic E-state index is 4.07. The fourth-order valence-electron chi connectivity index (χ4n) is 1.40. The average molecular weight is 188 g/mol. The molecule has 0 spiro atoms. The van der Waals surface area contributed by atoms with Gasteiger partial charge < -0.3 is 4.90 Å². The molecule has 0 N–H and O–H groups in total. The lowest BCUT2D eigenvalue weighted by atomic mass is 10.1. The molecule has 0 aliphatic rings. The van der Waals surface area contributed by atoms with Gasteiger partial charge in [-0.2, -0.15) is 0 Å². The summed E-state index contributed by atoms with van der Waals surface area (Å²) in [5.41, 5.74) is 3.14. The number of benzene rings is 1. The number of hydrogen-bond donors (Lipinski definition) is 0. The molecule has 2 heteroatoms. The van der Waals surface area contributed by atoms with Crippen LogP contribution in [0, 0.1) is 0 Å². The SMILES string of the molecule is C=Nc1c(/C=C\C)cccc1N(C)C. The molecule has 0 fully saturated rings. The Bertz CT molecular complexity index is 351. The first kappa shape index (κ1) is 10.5. The highest BCUT2D eigenvalue weighted by Crippen LogP contribution is 2.31. The summed E-state index contributed by atoms with van der Waals surface area (Å²) in [5, 5.41) is 0. The zero-order valence-corrected chi connectivity index (χ0v) is 8.99. The smallest absolute Gasteiger partial charge is 0.0927 e. The zero-order valence-electron chi connectivity index (χ0n) is 8.99. The number of anilines is 1. The minimum Gasteiger partial charge on any atom is -0.376 e. The van der Waals surface area contributed by atoms with Gasteiger partial charge in [0, 0.05) is 19.7 Å². The van der Waals surface area contributed by atoms with Crippen LogP contribution in [0.15, 0.2) is 29.3 Å². The van der Waals surface area contributed by atoms with Gasteiger partial charge in [-0.25, -0.2) is 0 Å². The number of hydrogen-bond acceptors (Lipinski definition) is 2. The van der Waals surface area contributed by atoms with Gasteiger partial charge >= 0.3 is 0 Å². The van der Waals surface area contributed by atoms with E-state index in [-0.39, 0.29) is 0 Å². The molecule has 0 aliphatic heterocycles. The minimum atomic E-state index is 0.940. The molecule has 0 saturated heterocycles. The van der Waals surface area contributed by atoms with Gasteiger partial charge in [0.2, 0.25) is 0 Å². The lowest BCUT2D eigenvalue weighted by Crippen LogP contribution is -2.08. The lowest BCUT2D eigenvalue weighted by Gasteiger charge is -2.16. The standard InChI is InChI=1S/C12H16N2/c1-5-7-10-8-6-9-11(14(3)4)12(10)13-2/h5-9H,2H2,1,3-4H3/b7-5-. The molecule has 1 rings (SSSR count). The Morgan fingerprint density at radius 3 is 2.57 bits per heavy atom. The fraction of sp³-hybridized carbons (Fsp3) is 0.250. The summed E-state index contributed by atoms with van der Waals surface area (Å²) >= 11 is 0. The Balaban J connectivity index is 3.31. The summed E-state index contributed by atoms with van der Waals surface area (Å²) in [4.78, 5) is 6.11. The van der Waals surface area contributed by atoms with E-state index in [4.69, 9.17) is 0 Å². The van der Waals surface area contributed by atoms with Crippen LogP contribution in [0.2, 0.25) is 0 Å². The van der Waals surface area contributed by atoms with Crippen LogP contribution in [-0.2, 0) is 0 Å². The second-order valence-corrected chi connectivity index (χ2v) is 3.27. The van der Waals surface area contributed by atoms with Gasteiger partial charge in [0.25, 0.3) is 0 Å². The first-order valence-electron chi connectivity index (χ1n) is 4.60. The number of nitrogens with zero attached hydrogens (tertiary/aromatic N) is 2. The van der Waals surface area contributed by atoms with Crippen molar-refractivity contribution in [1.82, 2.24) is 0 Å². The van der Waals surface area contributed by atoms with Crippen LogP contribution in [0.5, 0.6) is 0 Å². The van der Waals surface area contributed by atoms with Crippen LogP contribution < -0.4 is 4.90 Å². The van der Waals surface area contributed by atoms with Crippen LogP contribution in [-0.4, -0.2) is 20.8 Å². The second-order valence-electron chi connectivity index (χ2n) is 3.27. The molecule has 14 heavy (non-hydrogen) atoms. The van der Waals surface area contributed by atoms with Crippen LogP contribution in [0.1, 0.15) is 12.5 Å². The van der Waals surface area contributed by atoms with Gasteiger partial charge in [0.1, 0.15) is 0 Å². The van der Waals surface area contributed by atoms with E-state index in [2.05, 4.69) is 11.7 Å². The molecular weight excluding hydrogens is 172 g/mol. The summed E-state index contributed by atoms with van der Waals surface area (Å²) < 4.78 is 0. The van der Waals surface area contributed by atoms with E-state index in [0.717, 1.165) is 16.9 Å². The van der Waals surface area contributed by atoms with Crippen molar-refractivity contribution in [1.29, 1.82) is 0 Å². The predicted molar refractivity (Wildman–Crippen MR) is 64.7 cm³/mol. The quantitative estimate of drug-likeness (QED) is 0.665. The third kappa shape index (κ3) is 2.02. The molecule has 0 radical (unpaired) electrons. The largest absolute Gasteiger partial charge is 0.376 e. The maximum Gasteiger partial charge on any atom is 0.0927 e. The highest BCUT2D eigenvalue weighted by Gasteiger charge is 2.05. The van der Waals surface area contributed by atoms with Gasteiger partial charge in [0.05, 0.1) is 11.4 Å². The van der Waals surface area contributed by atoms with Gasteiger partial charge in [-0.1, -0.05) is 24.3 Å². The van der Waals surface area contributed by atoms with Crippen molar-refractivity contribution in [3.05, 3.63) is 29.8 Å². The zero-order chi connectivity index (χ0) is 10.6. The van der Waals surface area contributed by atoms with Crippen molar-refractivity contribution < 1.29 is 0 Å². The van der Waals surface area contributed by atoms with E-state index >= 15 is 0 Å². The molecule has 2 nitrogen and oxygen atoms in total. The minimum absolute atomic E-state index is 0.940. The molecule has 0 bridgehead atoms. The van der Waals surface area contributed by atoms with E-state index in [1.165, 1.54) is 0 Å². The van der Waals surface area contributed by atoms with Crippen molar-refractivity contribution in [2.24, 2.45) is 4.99 Å². The molecule has 74 valence electrons. The van der Waals surface area contributed by atoms with Gasteiger partial charge in [-0.3, -0.25) is 4.99 Å². The Hall–Kier alpha value is -1.57. The molecule has 0 atom stereocenters. The monoisotopic (exact) mass is 188 g/mol. The van der Waals surface area contributed by atoms with E-state index in [9.17, 15) is 0 Å². The molecule has 0 unspecified atom stereocenters. The Morgan fingerprint density at radius 2 is 2.07 bits per heavy atom. The Labute approximate surface area is 85.6 Å². The topological polar surface area (TPSA) is 15.6 Å². The number of aliphatic imine (C=N–C) groups is 1. The number of para-hydroxylation sites is 1. The first-order chi connectivity index (χ1) is 6.70. The Morgan fingerprint density at radius 1 is 1.36 bits per heavy atom. The van der Waals surface area contributed by atoms with Gasteiger partial charge in [-0.05, 0) is 19.7 Å². The third-order valence-electron chi connectivity index (χ3n) is 2.03. The van der Waals surface area contributed by atoms with E-state index in [1.807, 2.05) is 56.3 Å². The predicted octanol–water partition coefficient (Wildman–Crippen LogP) is 3.12. The number of allylic oxidation sites excluding steroid dienone is 1. The van der Waals surface area contributed by atoms with Crippen molar-refractivity contribution in [3.63, 3.8) is 0 Å². The average Bonchev–Trinajstić information content (AvgIpc) is 2.18. The van der Waals surface area contributed by atoms with Crippen LogP contribution in [0.3, 0.4) is 0 Å². The maximum atomic E-state index is 4.07.